The van der Waals surface area contributed by atoms with Crippen LogP contribution in [0.15, 0.2) is 41.3 Å². The van der Waals surface area contributed by atoms with Crippen molar-refractivity contribution in [1.82, 2.24) is 0 Å². The Bertz CT molecular complexity index is 484. The molecule has 0 aliphatic heterocycles. The maximum absolute atomic E-state index is 4.55. The Morgan fingerprint density at radius 2 is 1.64 bits per heavy atom. The average Bonchev–Trinajstić information content (AvgIpc) is 3.00. The molecule has 0 nitrogen and oxygen atoms in total. The Kier molecular flexibility index (Phi) is 1.81. The molecule has 1 fully saturated rings. The highest BCUT2D eigenvalue weighted by Crippen LogP contribution is 2.43. The number of hydrogen-bond acceptors (Lipinski definition) is 1. The standard InChI is InChI=1S/C13H12S/c14-13-8-11-4-2-1-3-10(11)7-12(13)9-5-6-9/h1-4,7-9,14H,5-6H2. The molecule has 0 heterocycles. The summed E-state index contributed by atoms with van der Waals surface area (Å²) < 4.78 is 0. The number of benzene rings is 2. The molecule has 2 aromatic rings. The van der Waals surface area contributed by atoms with Crippen molar-refractivity contribution in [2.24, 2.45) is 0 Å². The fourth-order valence-electron chi connectivity index (χ4n) is 1.97. The molecule has 0 atom stereocenters. The van der Waals surface area contributed by atoms with Gasteiger partial charge in [0.2, 0.25) is 0 Å². The van der Waals surface area contributed by atoms with Crippen molar-refractivity contribution in [3.05, 3.63) is 42.0 Å². The smallest absolute Gasteiger partial charge is 0.00812 e. The van der Waals surface area contributed by atoms with Gasteiger partial charge in [-0.1, -0.05) is 24.3 Å². The molecular formula is C13H12S. The topological polar surface area (TPSA) is 0 Å². The summed E-state index contributed by atoms with van der Waals surface area (Å²) in [5.41, 5.74) is 1.44. The Morgan fingerprint density at radius 1 is 1.00 bits per heavy atom. The molecule has 0 spiro atoms. The van der Waals surface area contributed by atoms with E-state index in [1.807, 2.05) is 0 Å². The highest BCUT2D eigenvalue weighted by Gasteiger charge is 2.25. The lowest BCUT2D eigenvalue weighted by Crippen LogP contribution is -1.83. The zero-order valence-corrected chi connectivity index (χ0v) is 8.80. The minimum absolute atomic E-state index is 0.784. The van der Waals surface area contributed by atoms with Gasteiger partial charge in [0.15, 0.2) is 0 Å². The molecule has 0 aromatic heterocycles. The highest BCUT2D eigenvalue weighted by molar-refractivity contribution is 7.80. The van der Waals surface area contributed by atoms with Crippen LogP contribution in [0.25, 0.3) is 10.8 Å². The van der Waals surface area contributed by atoms with E-state index in [1.165, 1.54) is 29.2 Å². The summed E-state index contributed by atoms with van der Waals surface area (Å²) in [4.78, 5) is 1.16. The predicted octanol–water partition coefficient (Wildman–Crippen LogP) is 4.01. The third kappa shape index (κ3) is 1.32. The summed E-state index contributed by atoms with van der Waals surface area (Å²) >= 11 is 4.55. The summed E-state index contributed by atoms with van der Waals surface area (Å²) in [6, 6.07) is 13.0. The van der Waals surface area contributed by atoms with Crippen LogP contribution in [0.5, 0.6) is 0 Å². The van der Waals surface area contributed by atoms with E-state index >= 15 is 0 Å². The van der Waals surface area contributed by atoms with Gasteiger partial charge in [0.05, 0.1) is 0 Å². The van der Waals surface area contributed by atoms with Crippen molar-refractivity contribution >= 4 is 23.4 Å². The van der Waals surface area contributed by atoms with E-state index in [0.29, 0.717) is 0 Å². The summed E-state index contributed by atoms with van der Waals surface area (Å²) in [6.07, 6.45) is 2.68. The van der Waals surface area contributed by atoms with E-state index in [-0.39, 0.29) is 0 Å². The maximum Gasteiger partial charge on any atom is 0.00812 e. The van der Waals surface area contributed by atoms with Crippen molar-refractivity contribution in [3.8, 4) is 0 Å². The molecule has 0 bridgehead atoms. The first-order valence-electron chi connectivity index (χ1n) is 5.06. The van der Waals surface area contributed by atoms with Crippen LogP contribution < -0.4 is 0 Å². The van der Waals surface area contributed by atoms with E-state index in [4.69, 9.17) is 0 Å². The third-order valence-corrected chi connectivity index (χ3v) is 3.30. The van der Waals surface area contributed by atoms with Crippen LogP contribution >= 0.6 is 12.6 Å². The first-order chi connectivity index (χ1) is 6.84. The number of fused-ring (bicyclic) bond motifs is 1. The van der Waals surface area contributed by atoms with Gasteiger partial charge < -0.3 is 0 Å². The maximum atomic E-state index is 4.55. The van der Waals surface area contributed by atoms with E-state index < -0.39 is 0 Å². The van der Waals surface area contributed by atoms with Crippen molar-refractivity contribution in [2.75, 3.05) is 0 Å². The molecular weight excluding hydrogens is 188 g/mol. The van der Waals surface area contributed by atoms with Gasteiger partial charge in [-0.15, -0.1) is 12.6 Å². The molecule has 0 N–H and O–H groups in total. The van der Waals surface area contributed by atoms with Gasteiger partial charge in [0.1, 0.15) is 0 Å². The van der Waals surface area contributed by atoms with Crippen LogP contribution in [-0.2, 0) is 0 Å². The molecule has 1 heteroatoms. The van der Waals surface area contributed by atoms with Crippen LogP contribution in [0.3, 0.4) is 0 Å². The van der Waals surface area contributed by atoms with Crippen molar-refractivity contribution < 1.29 is 0 Å². The first-order valence-corrected chi connectivity index (χ1v) is 5.51. The highest BCUT2D eigenvalue weighted by atomic mass is 32.1. The lowest BCUT2D eigenvalue weighted by molar-refractivity contribution is 1.08. The van der Waals surface area contributed by atoms with E-state index in [9.17, 15) is 0 Å². The predicted molar refractivity (Wildman–Crippen MR) is 63.2 cm³/mol. The van der Waals surface area contributed by atoms with Crippen molar-refractivity contribution in [3.63, 3.8) is 0 Å². The molecule has 14 heavy (non-hydrogen) atoms. The number of thiol groups is 1. The third-order valence-electron chi connectivity index (χ3n) is 2.91. The lowest BCUT2D eigenvalue weighted by Gasteiger charge is -2.05. The van der Waals surface area contributed by atoms with Gasteiger partial charge in [0, 0.05) is 4.90 Å². The molecule has 1 saturated carbocycles. The second-order valence-corrected chi connectivity index (χ2v) is 4.51. The number of rotatable bonds is 1. The molecule has 70 valence electrons. The van der Waals surface area contributed by atoms with E-state index in [1.54, 1.807) is 0 Å². The monoisotopic (exact) mass is 200 g/mol. The van der Waals surface area contributed by atoms with Crippen molar-refractivity contribution in [1.29, 1.82) is 0 Å². The quantitative estimate of drug-likeness (QED) is 0.661. The van der Waals surface area contributed by atoms with Gasteiger partial charge in [-0.2, -0.15) is 0 Å². The van der Waals surface area contributed by atoms with Gasteiger partial charge in [-0.05, 0) is 47.2 Å². The summed E-state index contributed by atoms with van der Waals surface area (Å²) in [5, 5.41) is 2.63. The Morgan fingerprint density at radius 3 is 2.29 bits per heavy atom. The van der Waals surface area contributed by atoms with Crippen molar-refractivity contribution in [2.45, 2.75) is 23.7 Å². The minimum atomic E-state index is 0.784. The molecule has 2 aromatic carbocycles. The number of hydrogen-bond donors (Lipinski definition) is 1. The van der Waals surface area contributed by atoms with Crippen LogP contribution in [0, 0.1) is 0 Å². The van der Waals surface area contributed by atoms with Crippen LogP contribution in [0.2, 0.25) is 0 Å². The van der Waals surface area contributed by atoms with Gasteiger partial charge in [-0.25, -0.2) is 0 Å². The summed E-state index contributed by atoms with van der Waals surface area (Å²) in [7, 11) is 0. The Hall–Kier alpha value is -0.950. The molecule has 0 unspecified atom stereocenters. The average molecular weight is 200 g/mol. The molecule has 0 amide bonds. The Balaban J connectivity index is 2.26. The minimum Gasteiger partial charge on any atom is -0.143 e. The van der Waals surface area contributed by atoms with Gasteiger partial charge in [-0.3, -0.25) is 0 Å². The fraction of sp³-hybridized carbons (Fsp3) is 0.231. The van der Waals surface area contributed by atoms with Gasteiger partial charge in [0.25, 0.3) is 0 Å². The summed E-state index contributed by atoms with van der Waals surface area (Å²) in [5.74, 6) is 0.784. The van der Waals surface area contributed by atoms with E-state index in [0.717, 1.165) is 10.8 Å². The zero-order valence-electron chi connectivity index (χ0n) is 7.90. The molecule has 0 saturated heterocycles. The molecule has 3 rings (SSSR count). The largest absolute Gasteiger partial charge is 0.143 e. The molecule has 0 radical (unpaired) electrons. The molecule has 1 aliphatic rings. The van der Waals surface area contributed by atoms with Gasteiger partial charge >= 0.3 is 0 Å². The van der Waals surface area contributed by atoms with Crippen LogP contribution in [-0.4, -0.2) is 0 Å². The summed E-state index contributed by atoms with van der Waals surface area (Å²) in [6.45, 7) is 0. The Labute approximate surface area is 89.4 Å². The fourth-order valence-corrected chi connectivity index (χ4v) is 2.35. The second kappa shape index (κ2) is 3.03. The second-order valence-electron chi connectivity index (χ2n) is 4.03. The molecule has 1 aliphatic carbocycles. The zero-order chi connectivity index (χ0) is 9.54. The SMILES string of the molecule is Sc1cc2ccccc2cc1C1CC1. The first kappa shape index (κ1) is 8.37. The van der Waals surface area contributed by atoms with Crippen LogP contribution in [0.1, 0.15) is 24.3 Å². The van der Waals surface area contributed by atoms with Crippen LogP contribution in [0.4, 0.5) is 0 Å². The normalized spacial score (nSPS) is 16.1. The lowest BCUT2D eigenvalue weighted by atomic mass is 10.0. The van der Waals surface area contributed by atoms with E-state index in [2.05, 4.69) is 49.0 Å².